The molecular formula is C14H14BrN3O3. The Labute approximate surface area is 130 Å². The van der Waals surface area contributed by atoms with E-state index in [9.17, 15) is 4.79 Å². The van der Waals surface area contributed by atoms with E-state index in [-0.39, 0.29) is 11.3 Å². The number of benzene rings is 1. The van der Waals surface area contributed by atoms with E-state index >= 15 is 0 Å². The summed E-state index contributed by atoms with van der Waals surface area (Å²) in [5.74, 6) is 0.594. The van der Waals surface area contributed by atoms with Crippen LogP contribution in [0.1, 0.15) is 10.4 Å². The summed E-state index contributed by atoms with van der Waals surface area (Å²) in [4.78, 5) is 15.8. The van der Waals surface area contributed by atoms with E-state index < -0.39 is 5.97 Å². The van der Waals surface area contributed by atoms with Crippen molar-refractivity contribution in [2.45, 2.75) is 0 Å². The number of nitrogens with zero attached hydrogens (tertiary/aromatic N) is 1. The third-order valence-electron chi connectivity index (χ3n) is 2.76. The summed E-state index contributed by atoms with van der Waals surface area (Å²) >= 11 is 3.39. The first-order chi connectivity index (χ1) is 10.0. The van der Waals surface area contributed by atoms with Gasteiger partial charge in [0.25, 0.3) is 0 Å². The van der Waals surface area contributed by atoms with Crippen molar-refractivity contribution in [1.29, 1.82) is 0 Å². The summed E-state index contributed by atoms with van der Waals surface area (Å²) in [6.45, 7) is 0. The Hall–Kier alpha value is -2.28. The topological polar surface area (TPSA) is 86.5 Å². The highest BCUT2D eigenvalue weighted by atomic mass is 79.9. The number of halogens is 1. The molecule has 0 amide bonds. The van der Waals surface area contributed by atoms with E-state index in [0.717, 1.165) is 4.47 Å². The van der Waals surface area contributed by atoms with Crippen LogP contribution in [0.4, 0.5) is 17.2 Å². The maximum absolute atomic E-state index is 11.6. The van der Waals surface area contributed by atoms with Crippen molar-refractivity contribution in [1.82, 2.24) is 4.98 Å². The highest BCUT2D eigenvalue weighted by molar-refractivity contribution is 9.10. The number of methoxy groups -OCH3 is 2. The van der Waals surface area contributed by atoms with Gasteiger partial charge in [-0.25, -0.2) is 9.78 Å². The van der Waals surface area contributed by atoms with Gasteiger partial charge in [0.2, 0.25) is 0 Å². The first kappa shape index (κ1) is 15.1. The van der Waals surface area contributed by atoms with Crippen LogP contribution in [0.2, 0.25) is 0 Å². The predicted octanol–water partition coefficient (Wildman–Crippen LogP) is 2.97. The Morgan fingerprint density at radius 2 is 2.10 bits per heavy atom. The molecule has 0 unspecified atom stereocenters. The van der Waals surface area contributed by atoms with Gasteiger partial charge in [0.05, 0.1) is 37.4 Å². The van der Waals surface area contributed by atoms with Crippen molar-refractivity contribution in [3.63, 3.8) is 0 Å². The lowest BCUT2D eigenvalue weighted by atomic mass is 10.2. The Kier molecular flexibility index (Phi) is 4.64. The molecule has 0 spiro atoms. The lowest BCUT2D eigenvalue weighted by Gasteiger charge is -2.12. The van der Waals surface area contributed by atoms with E-state index in [4.69, 9.17) is 10.5 Å². The molecule has 3 N–H and O–H groups in total. The SMILES string of the molecule is COC(=O)c1cc(Nc2cc(Br)ccc2OC)ncc1N. The van der Waals surface area contributed by atoms with Crippen molar-refractivity contribution < 1.29 is 14.3 Å². The Bertz CT molecular complexity index is 677. The molecule has 21 heavy (non-hydrogen) atoms. The van der Waals surface area contributed by atoms with Gasteiger partial charge in [0.15, 0.2) is 0 Å². The molecule has 110 valence electrons. The minimum absolute atomic E-state index is 0.254. The third-order valence-corrected chi connectivity index (χ3v) is 3.26. The number of nitrogen functional groups attached to an aromatic ring is 1. The predicted molar refractivity (Wildman–Crippen MR) is 84.0 cm³/mol. The molecule has 0 saturated carbocycles. The number of hydrogen-bond donors (Lipinski definition) is 2. The number of aromatic nitrogens is 1. The number of esters is 1. The van der Waals surface area contributed by atoms with E-state index in [1.165, 1.54) is 19.4 Å². The number of anilines is 3. The zero-order valence-corrected chi connectivity index (χ0v) is 13.1. The van der Waals surface area contributed by atoms with E-state index in [1.807, 2.05) is 18.2 Å². The molecular weight excluding hydrogens is 338 g/mol. The van der Waals surface area contributed by atoms with Gasteiger partial charge >= 0.3 is 5.97 Å². The molecule has 7 heteroatoms. The molecule has 0 aliphatic rings. The fraction of sp³-hybridized carbons (Fsp3) is 0.143. The van der Waals surface area contributed by atoms with Crippen LogP contribution < -0.4 is 15.8 Å². The van der Waals surface area contributed by atoms with Gasteiger partial charge < -0.3 is 20.5 Å². The summed E-state index contributed by atoms with van der Waals surface area (Å²) in [5, 5.41) is 3.08. The van der Waals surface area contributed by atoms with Gasteiger partial charge in [-0.1, -0.05) is 15.9 Å². The van der Waals surface area contributed by atoms with Gasteiger partial charge in [-0.2, -0.15) is 0 Å². The van der Waals surface area contributed by atoms with Crippen molar-refractivity contribution >= 4 is 39.1 Å². The van der Waals surface area contributed by atoms with Crippen molar-refractivity contribution in [2.75, 3.05) is 25.3 Å². The first-order valence-corrected chi connectivity index (χ1v) is 6.79. The van der Waals surface area contributed by atoms with Crippen LogP contribution in [0, 0.1) is 0 Å². The van der Waals surface area contributed by atoms with Crippen LogP contribution >= 0.6 is 15.9 Å². The minimum atomic E-state index is -0.515. The maximum Gasteiger partial charge on any atom is 0.340 e. The van der Waals surface area contributed by atoms with Crippen LogP contribution in [0.25, 0.3) is 0 Å². The average molecular weight is 352 g/mol. The van der Waals surface area contributed by atoms with Crippen LogP contribution in [-0.2, 0) is 4.74 Å². The van der Waals surface area contributed by atoms with Gasteiger partial charge in [-0.3, -0.25) is 0 Å². The van der Waals surface area contributed by atoms with E-state index in [2.05, 4.69) is 31.0 Å². The van der Waals surface area contributed by atoms with Crippen LogP contribution in [0.5, 0.6) is 5.75 Å². The minimum Gasteiger partial charge on any atom is -0.495 e. The first-order valence-electron chi connectivity index (χ1n) is 5.99. The molecule has 1 heterocycles. The van der Waals surface area contributed by atoms with Crippen molar-refractivity contribution in [2.24, 2.45) is 0 Å². The largest absolute Gasteiger partial charge is 0.495 e. The zero-order chi connectivity index (χ0) is 15.4. The molecule has 0 radical (unpaired) electrons. The second-order valence-corrected chi connectivity index (χ2v) is 5.03. The fourth-order valence-corrected chi connectivity index (χ4v) is 2.10. The lowest BCUT2D eigenvalue weighted by Crippen LogP contribution is -2.07. The molecule has 2 aromatic rings. The second-order valence-electron chi connectivity index (χ2n) is 4.12. The number of hydrogen-bond acceptors (Lipinski definition) is 6. The summed E-state index contributed by atoms with van der Waals surface area (Å²) in [5.41, 5.74) is 6.94. The summed E-state index contributed by atoms with van der Waals surface area (Å²) in [6, 6.07) is 7.04. The summed E-state index contributed by atoms with van der Waals surface area (Å²) < 4.78 is 10.8. The molecule has 0 saturated heterocycles. The molecule has 0 atom stereocenters. The van der Waals surface area contributed by atoms with Gasteiger partial charge in [-0.05, 0) is 24.3 Å². The lowest BCUT2D eigenvalue weighted by molar-refractivity contribution is 0.0602. The van der Waals surface area contributed by atoms with Gasteiger partial charge in [0, 0.05) is 4.47 Å². The van der Waals surface area contributed by atoms with Crippen LogP contribution in [0.3, 0.4) is 0 Å². The Morgan fingerprint density at radius 3 is 2.76 bits per heavy atom. The summed E-state index contributed by atoms with van der Waals surface area (Å²) in [7, 11) is 2.87. The molecule has 1 aromatic heterocycles. The number of ether oxygens (including phenoxy) is 2. The van der Waals surface area contributed by atoms with Crippen molar-refractivity contribution in [3.8, 4) is 5.75 Å². The molecule has 0 fully saturated rings. The summed E-state index contributed by atoms with van der Waals surface area (Å²) in [6.07, 6.45) is 1.40. The third kappa shape index (κ3) is 3.43. The van der Waals surface area contributed by atoms with Crippen molar-refractivity contribution in [3.05, 3.63) is 40.5 Å². The van der Waals surface area contributed by atoms with E-state index in [0.29, 0.717) is 17.3 Å². The molecule has 2 rings (SSSR count). The highest BCUT2D eigenvalue weighted by Gasteiger charge is 2.12. The van der Waals surface area contributed by atoms with Crippen LogP contribution in [-0.4, -0.2) is 25.2 Å². The molecule has 0 aliphatic carbocycles. The standard InChI is InChI=1S/C14H14BrN3O3/c1-20-12-4-3-8(15)5-11(12)18-13-6-9(14(19)21-2)10(16)7-17-13/h3-7H,16H2,1-2H3,(H,17,18). The van der Waals surface area contributed by atoms with Gasteiger partial charge in [-0.15, -0.1) is 0 Å². The fourth-order valence-electron chi connectivity index (χ4n) is 1.74. The number of nitrogens with two attached hydrogens (primary N) is 1. The average Bonchev–Trinajstić information content (AvgIpc) is 2.48. The number of carbonyl (C=O) groups excluding carboxylic acids is 1. The van der Waals surface area contributed by atoms with Gasteiger partial charge in [0.1, 0.15) is 11.6 Å². The molecule has 0 bridgehead atoms. The quantitative estimate of drug-likeness (QED) is 0.823. The molecule has 6 nitrogen and oxygen atoms in total. The molecule has 0 aliphatic heterocycles. The number of nitrogens with one attached hydrogen (secondary N) is 1. The number of pyridine rings is 1. The Morgan fingerprint density at radius 1 is 1.33 bits per heavy atom. The smallest absolute Gasteiger partial charge is 0.340 e. The highest BCUT2D eigenvalue weighted by Crippen LogP contribution is 2.30. The monoisotopic (exact) mass is 351 g/mol. The normalized spacial score (nSPS) is 10.0. The Balaban J connectivity index is 2.36. The van der Waals surface area contributed by atoms with Crippen LogP contribution in [0.15, 0.2) is 34.9 Å². The van der Waals surface area contributed by atoms with E-state index in [1.54, 1.807) is 7.11 Å². The number of rotatable bonds is 4. The zero-order valence-electron chi connectivity index (χ0n) is 11.5. The maximum atomic E-state index is 11.6. The number of carbonyl (C=O) groups is 1. The molecule has 1 aromatic carbocycles. The second kappa shape index (κ2) is 6.45.